The molecule has 4 heteroatoms. The molecule has 0 aliphatic carbocycles. The number of rotatable bonds is 7. The molecule has 2 N–H and O–H groups in total. The van der Waals surface area contributed by atoms with Crippen molar-refractivity contribution in [1.82, 2.24) is 5.32 Å². The Morgan fingerprint density at radius 3 is 2.75 bits per heavy atom. The Morgan fingerprint density at radius 2 is 2.15 bits per heavy atom. The smallest absolute Gasteiger partial charge is 0.224 e. The summed E-state index contributed by atoms with van der Waals surface area (Å²) in [6, 6.07) is 5.73. The van der Waals surface area contributed by atoms with Crippen molar-refractivity contribution < 1.29 is 14.6 Å². The molecule has 20 heavy (non-hydrogen) atoms. The van der Waals surface area contributed by atoms with Gasteiger partial charge in [-0.15, -0.1) is 0 Å². The highest BCUT2D eigenvalue weighted by Gasteiger charge is 2.19. The molecule has 1 atom stereocenters. The van der Waals surface area contributed by atoms with Gasteiger partial charge in [0.1, 0.15) is 5.75 Å². The molecule has 0 aliphatic heterocycles. The Labute approximate surface area is 121 Å². The van der Waals surface area contributed by atoms with Gasteiger partial charge in [-0.2, -0.15) is 0 Å². The summed E-state index contributed by atoms with van der Waals surface area (Å²) in [6.07, 6.45) is 1.85. The number of methoxy groups -OCH3 is 1. The van der Waals surface area contributed by atoms with Crippen molar-refractivity contribution in [2.75, 3.05) is 13.7 Å². The lowest BCUT2D eigenvalue weighted by atomic mass is 10.0. The summed E-state index contributed by atoms with van der Waals surface area (Å²) in [5, 5.41) is 12.8. The SMILES string of the molecule is CCCC(C)(O)CNC(=O)Cc1ccc(C)c(OC)c1. The Kier molecular flexibility index (Phi) is 6.02. The van der Waals surface area contributed by atoms with Crippen LogP contribution in [0.2, 0.25) is 0 Å². The summed E-state index contributed by atoms with van der Waals surface area (Å²) in [7, 11) is 1.62. The largest absolute Gasteiger partial charge is 0.496 e. The number of aliphatic hydroxyl groups is 1. The molecule has 112 valence electrons. The first-order valence-corrected chi connectivity index (χ1v) is 7.00. The van der Waals surface area contributed by atoms with Gasteiger partial charge >= 0.3 is 0 Å². The summed E-state index contributed by atoms with van der Waals surface area (Å²) >= 11 is 0. The number of ether oxygens (including phenoxy) is 1. The molecular formula is C16H25NO3. The standard InChI is InChI=1S/C16H25NO3/c1-5-8-16(3,19)11-17-15(18)10-13-7-6-12(2)14(9-13)20-4/h6-7,9,19H,5,8,10-11H2,1-4H3,(H,17,18). The third kappa shape index (κ3) is 5.21. The molecule has 0 radical (unpaired) electrons. The van der Waals surface area contributed by atoms with Crippen LogP contribution in [0.25, 0.3) is 0 Å². The molecule has 0 aliphatic rings. The minimum atomic E-state index is -0.838. The first-order chi connectivity index (χ1) is 9.38. The average molecular weight is 279 g/mol. The van der Waals surface area contributed by atoms with Gasteiger partial charge in [-0.3, -0.25) is 4.79 Å². The van der Waals surface area contributed by atoms with Crippen LogP contribution in [0.5, 0.6) is 5.75 Å². The van der Waals surface area contributed by atoms with Crippen molar-refractivity contribution in [1.29, 1.82) is 0 Å². The van der Waals surface area contributed by atoms with Gasteiger partial charge in [0.15, 0.2) is 0 Å². The third-order valence-corrected chi connectivity index (χ3v) is 3.29. The molecule has 1 aromatic carbocycles. The van der Waals surface area contributed by atoms with Gasteiger partial charge in [0, 0.05) is 6.54 Å². The molecular weight excluding hydrogens is 254 g/mol. The van der Waals surface area contributed by atoms with Crippen LogP contribution < -0.4 is 10.1 Å². The van der Waals surface area contributed by atoms with E-state index in [0.29, 0.717) is 12.8 Å². The highest BCUT2D eigenvalue weighted by molar-refractivity contribution is 5.78. The van der Waals surface area contributed by atoms with Gasteiger partial charge in [-0.1, -0.05) is 25.5 Å². The number of amides is 1. The summed E-state index contributed by atoms with van der Waals surface area (Å²) < 4.78 is 5.24. The zero-order chi connectivity index (χ0) is 15.2. The van der Waals surface area contributed by atoms with Crippen LogP contribution in [0.1, 0.15) is 37.8 Å². The van der Waals surface area contributed by atoms with Crippen LogP contribution in [-0.4, -0.2) is 30.3 Å². The maximum atomic E-state index is 11.9. The second kappa shape index (κ2) is 7.29. The van der Waals surface area contributed by atoms with Crippen LogP contribution >= 0.6 is 0 Å². The average Bonchev–Trinajstić information content (AvgIpc) is 2.39. The van der Waals surface area contributed by atoms with Crippen LogP contribution in [-0.2, 0) is 11.2 Å². The summed E-state index contributed by atoms with van der Waals surface area (Å²) in [6.45, 7) is 5.99. The molecule has 1 aromatic rings. The molecule has 4 nitrogen and oxygen atoms in total. The van der Waals surface area contributed by atoms with Crippen LogP contribution in [0.15, 0.2) is 18.2 Å². The molecule has 0 heterocycles. The minimum absolute atomic E-state index is 0.0905. The van der Waals surface area contributed by atoms with Gasteiger partial charge in [-0.25, -0.2) is 0 Å². The molecule has 0 bridgehead atoms. The van der Waals surface area contributed by atoms with Crippen molar-refractivity contribution in [3.63, 3.8) is 0 Å². The van der Waals surface area contributed by atoms with Gasteiger partial charge in [0.2, 0.25) is 5.91 Å². The molecule has 0 fully saturated rings. The Morgan fingerprint density at radius 1 is 1.45 bits per heavy atom. The first-order valence-electron chi connectivity index (χ1n) is 7.00. The minimum Gasteiger partial charge on any atom is -0.496 e. The van der Waals surface area contributed by atoms with Gasteiger partial charge in [0.25, 0.3) is 0 Å². The van der Waals surface area contributed by atoms with Crippen molar-refractivity contribution in [2.24, 2.45) is 0 Å². The predicted octanol–water partition coefficient (Wildman–Crippen LogP) is 2.21. The van der Waals surface area contributed by atoms with E-state index in [1.165, 1.54) is 0 Å². The Balaban J connectivity index is 2.54. The van der Waals surface area contributed by atoms with E-state index in [9.17, 15) is 9.90 Å². The number of hydrogen-bond donors (Lipinski definition) is 2. The van der Waals surface area contributed by atoms with E-state index in [2.05, 4.69) is 5.32 Å². The van der Waals surface area contributed by atoms with E-state index in [1.807, 2.05) is 32.0 Å². The second-order valence-corrected chi connectivity index (χ2v) is 5.50. The molecule has 1 amide bonds. The molecule has 1 rings (SSSR count). The van der Waals surface area contributed by atoms with Crippen LogP contribution in [0.3, 0.4) is 0 Å². The van der Waals surface area contributed by atoms with E-state index >= 15 is 0 Å². The number of aryl methyl sites for hydroxylation is 1. The lowest BCUT2D eigenvalue weighted by Crippen LogP contribution is -2.41. The van der Waals surface area contributed by atoms with Crippen molar-refractivity contribution in [2.45, 2.75) is 45.6 Å². The first kappa shape index (κ1) is 16.5. The second-order valence-electron chi connectivity index (χ2n) is 5.50. The van der Waals surface area contributed by atoms with Crippen molar-refractivity contribution in [3.05, 3.63) is 29.3 Å². The fourth-order valence-electron chi connectivity index (χ4n) is 2.14. The highest BCUT2D eigenvalue weighted by Crippen LogP contribution is 2.19. The quantitative estimate of drug-likeness (QED) is 0.804. The van der Waals surface area contributed by atoms with Gasteiger partial charge in [0.05, 0.1) is 19.1 Å². The number of nitrogens with one attached hydrogen (secondary N) is 1. The zero-order valence-corrected chi connectivity index (χ0v) is 12.8. The number of carbonyl (C=O) groups is 1. The van der Waals surface area contributed by atoms with Crippen LogP contribution in [0.4, 0.5) is 0 Å². The molecule has 0 spiro atoms. The topological polar surface area (TPSA) is 58.6 Å². The lowest BCUT2D eigenvalue weighted by molar-refractivity contribution is -0.121. The zero-order valence-electron chi connectivity index (χ0n) is 12.8. The Bertz CT molecular complexity index is 455. The van der Waals surface area contributed by atoms with E-state index in [0.717, 1.165) is 23.3 Å². The Hall–Kier alpha value is -1.55. The normalized spacial score (nSPS) is 13.7. The van der Waals surface area contributed by atoms with E-state index < -0.39 is 5.60 Å². The number of benzene rings is 1. The molecule has 0 aromatic heterocycles. The monoisotopic (exact) mass is 279 g/mol. The van der Waals surface area contributed by atoms with Crippen molar-refractivity contribution in [3.8, 4) is 5.75 Å². The molecule has 1 unspecified atom stereocenters. The molecule has 0 saturated heterocycles. The van der Waals surface area contributed by atoms with Crippen molar-refractivity contribution >= 4 is 5.91 Å². The maximum absolute atomic E-state index is 11.9. The fraction of sp³-hybridized carbons (Fsp3) is 0.562. The van der Waals surface area contributed by atoms with Crippen LogP contribution in [0, 0.1) is 6.92 Å². The molecule has 0 saturated carbocycles. The van der Waals surface area contributed by atoms with E-state index in [1.54, 1.807) is 14.0 Å². The number of carbonyl (C=O) groups excluding carboxylic acids is 1. The number of hydrogen-bond acceptors (Lipinski definition) is 3. The lowest BCUT2D eigenvalue weighted by Gasteiger charge is -2.22. The van der Waals surface area contributed by atoms with E-state index in [-0.39, 0.29) is 12.5 Å². The van der Waals surface area contributed by atoms with E-state index in [4.69, 9.17) is 4.74 Å². The summed E-state index contributed by atoms with van der Waals surface area (Å²) in [4.78, 5) is 11.9. The fourth-order valence-corrected chi connectivity index (χ4v) is 2.14. The summed E-state index contributed by atoms with van der Waals surface area (Å²) in [5.74, 6) is 0.695. The van der Waals surface area contributed by atoms with Gasteiger partial charge < -0.3 is 15.2 Å². The predicted molar refractivity (Wildman–Crippen MR) is 80.0 cm³/mol. The summed E-state index contributed by atoms with van der Waals surface area (Å²) in [5.41, 5.74) is 1.11. The highest BCUT2D eigenvalue weighted by atomic mass is 16.5. The third-order valence-electron chi connectivity index (χ3n) is 3.29. The van der Waals surface area contributed by atoms with Gasteiger partial charge in [-0.05, 0) is 37.5 Å². The maximum Gasteiger partial charge on any atom is 0.224 e.